The quantitative estimate of drug-likeness (QED) is 0.559. The summed E-state index contributed by atoms with van der Waals surface area (Å²) in [5, 5.41) is 18.3. The molecule has 1 atom stereocenters. The summed E-state index contributed by atoms with van der Waals surface area (Å²) in [5.41, 5.74) is -0.371. The van der Waals surface area contributed by atoms with E-state index in [4.69, 9.17) is 22.6 Å². The second-order valence-corrected chi connectivity index (χ2v) is 4.14. The third-order valence-electron chi connectivity index (χ3n) is 1.70. The van der Waals surface area contributed by atoms with E-state index in [1.54, 1.807) is 19.1 Å². The summed E-state index contributed by atoms with van der Waals surface area (Å²) in [6.45, 7) is 1.33. The van der Waals surface area contributed by atoms with Gasteiger partial charge in [0.05, 0.1) is 6.61 Å². The van der Waals surface area contributed by atoms with Gasteiger partial charge >= 0.3 is 10.4 Å². The summed E-state index contributed by atoms with van der Waals surface area (Å²) < 4.78 is 31.6. The summed E-state index contributed by atoms with van der Waals surface area (Å²) in [6.07, 6.45) is 0. The van der Waals surface area contributed by atoms with Crippen LogP contribution in [0.15, 0.2) is 30.3 Å². The molecule has 6 nitrogen and oxygen atoms in total. The Morgan fingerprint density at radius 1 is 1.19 bits per heavy atom. The lowest BCUT2D eigenvalue weighted by Crippen LogP contribution is -2.25. The first-order valence-electron chi connectivity index (χ1n) is 4.25. The molecule has 16 heavy (non-hydrogen) atoms. The predicted molar refractivity (Wildman–Crippen MR) is 57.3 cm³/mol. The molecule has 7 heteroatoms. The standard InChI is InChI=1S/C9H12O2.H2O4S/c1-9(11,7-10)8-5-3-2-4-6-8;1-5(2,3)4/h2-6,10-11H,7H2,1H3;(H2,1,2,3,4). The molecule has 1 aromatic rings. The Morgan fingerprint density at radius 2 is 1.56 bits per heavy atom. The van der Waals surface area contributed by atoms with E-state index in [-0.39, 0.29) is 6.61 Å². The van der Waals surface area contributed by atoms with Gasteiger partial charge in [0.2, 0.25) is 0 Å². The second kappa shape index (κ2) is 5.92. The minimum Gasteiger partial charge on any atom is -0.393 e. The lowest BCUT2D eigenvalue weighted by Gasteiger charge is -2.20. The monoisotopic (exact) mass is 250 g/mol. The van der Waals surface area contributed by atoms with Crippen LogP contribution in [0.5, 0.6) is 0 Å². The van der Waals surface area contributed by atoms with Crippen molar-refractivity contribution in [3.63, 3.8) is 0 Å². The molecule has 0 aliphatic carbocycles. The Labute approximate surface area is 93.8 Å². The lowest BCUT2D eigenvalue weighted by molar-refractivity contribution is -0.00228. The highest BCUT2D eigenvalue weighted by molar-refractivity contribution is 7.79. The zero-order valence-corrected chi connectivity index (χ0v) is 9.42. The Morgan fingerprint density at radius 3 is 1.88 bits per heavy atom. The molecule has 0 aromatic heterocycles. The fraction of sp³-hybridized carbons (Fsp3) is 0.333. The maximum atomic E-state index is 9.54. The van der Waals surface area contributed by atoms with E-state index in [1.165, 1.54) is 0 Å². The molecule has 0 aliphatic rings. The van der Waals surface area contributed by atoms with Crippen molar-refractivity contribution >= 4 is 10.4 Å². The van der Waals surface area contributed by atoms with Gasteiger partial charge in [0.1, 0.15) is 5.60 Å². The molecule has 92 valence electrons. The van der Waals surface area contributed by atoms with Crippen LogP contribution < -0.4 is 0 Å². The van der Waals surface area contributed by atoms with Crippen molar-refractivity contribution in [3.05, 3.63) is 35.9 Å². The van der Waals surface area contributed by atoms with Crippen molar-refractivity contribution in [1.29, 1.82) is 0 Å². The number of aliphatic hydroxyl groups excluding tert-OH is 1. The topological polar surface area (TPSA) is 115 Å². The normalized spacial score (nSPS) is 14.6. The van der Waals surface area contributed by atoms with Crippen molar-refractivity contribution in [2.24, 2.45) is 0 Å². The first kappa shape index (κ1) is 15.0. The number of rotatable bonds is 2. The average molecular weight is 250 g/mol. The lowest BCUT2D eigenvalue weighted by atomic mass is 9.97. The first-order valence-corrected chi connectivity index (χ1v) is 5.65. The van der Waals surface area contributed by atoms with Crippen molar-refractivity contribution in [1.82, 2.24) is 0 Å². The number of aliphatic hydroxyl groups is 2. The van der Waals surface area contributed by atoms with Crippen LogP contribution in [0.3, 0.4) is 0 Å². The second-order valence-electron chi connectivity index (χ2n) is 3.25. The van der Waals surface area contributed by atoms with Gasteiger partial charge in [-0.05, 0) is 12.5 Å². The van der Waals surface area contributed by atoms with Crippen LogP contribution in [0, 0.1) is 0 Å². The summed E-state index contributed by atoms with van der Waals surface area (Å²) in [7, 11) is -4.67. The molecule has 0 saturated heterocycles. The van der Waals surface area contributed by atoms with Gasteiger partial charge in [0, 0.05) is 0 Å². The predicted octanol–water partition coefficient (Wildman–Crippen LogP) is 0.234. The molecule has 1 aromatic carbocycles. The summed E-state index contributed by atoms with van der Waals surface area (Å²) in [6, 6.07) is 9.11. The van der Waals surface area contributed by atoms with Gasteiger partial charge in [-0.2, -0.15) is 8.42 Å². The third kappa shape index (κ3) is 7.32. The van der Waals surface area contributed by atoms with E-state index in [0.29, 0.717) is 0 Å². The highest BCUT2D eigenvalue weighted by Gasteiger charge is 2.20. The maximum Gasteiger partial charge on any atom is 0.394 e. The Bertz CT molecular complexity index is 389. The van der Waals surface area contributed by atoms with Crippen molar-refractivity contribution < 1.29 is 27.7 Å². The Kier molecular flexibility index (Phi) is 5.56. The van der Waals surface area contributed by atoms with E-state index in [1.807, 2.05) is 18.2 Å². The van der Waals surface area contributed by atoms with E-state index in [9.17, 15) is 5.11 Å². The molecule has 0 spiro atoms. The van der Waals surface area contributed by atoms with E-state index in [0.717, 1.165) is 5.56 Å². The Balaban J connectivity index is 0.000000385. The third-order valence-corrected chi connectivity index (χ3v) is 1.70. The van der Waals surface area contributed by atoms with Gasteiger partial charge < -0.3 is 10.2 Å². The maximum absolute atomic E-state index is 9.54. The fourth-order valence-corrected chi connectivity index (χ4v) is 0.888. The molecule has 1 unspecified atom stereocenters. The summed E-state index contributed by atoms with van der Waals surface area (Å²) in [5.74, 6) is 0. The zero-order valence-electron chi connectivity index (χ0n) is 8.61. The van der Waals surface area contributed by atoms with Crippen molar-refractivity contribution in [2.75, 3.05) is 6.61 Å². The first-order chi connectivity index (χ1) is 7.17. The largest absolute Gasteiger partial charge is 0.394 e. The fourth-order valence-electron chi connectivity index (χ4n) is 0.888. The van der Waals surface area contributed by atoms with Gasteiger partial charge in [-0.15, -0.1) is 0 Å². The molecule has 4 N–H and O–H groups in total. The highest BCUT2D eigenvalue weighted by atomic mass is 32.3. The van der Waals surface area contributed by atoms with E-state index < -0.39 is 16.0 Å². The molecule has 0 aliphatic heterocycles. The Hall–Kier alpha value is -0.990. The van der Waals surface area contributed by atoms with Crippen LogP contribution in [-0.2, 0) is 16.0 Å². The van der Waals surface area contributed by atoms with Crippen LogP contribution >= 0.6 is 0 Å². The number of benzene rings is 1. The van der Waals surface area contributed by atoms with Crippen LogP contribution in [0.4, 0.5) is 0 Å². The van der Waals surface area contributed by atoms with Gasteiger partial charge in [0.25, 0.3) is 0 Å². The molecule has 0 amide bonds. The molecule has 0 fully saturated rings. The summed E-state index contributed by atoms with van der Waals surface area (Å²) >= 11 is 0. The van der Waals surface area contributed by atoms with Crippen molar-refractivity contribution in [2.45, 2.75) is 12.5 Å². The van der Waals surface area contributed by atoms with E-state index in [2.05, 4.69) is 0 Å². The van der Waals surface area contributed by atoms with Crippen LogP contribution in [-0.4, -0.2) is 34.3 Å². The van der Waals surface area contributed by atoms with Gasteiger partial charge in [-0.3, -0.25) is 9.11 Å². The van der Waals surface area contributed by atoms with Crippen LogP contribution in [0.2, 0.25) is 0 Å². The van der Waals surface area contributed by atoms with E-state index >= 15 is 0 Å². The number of hydrogen-bond donors (Lipinski definition) is 4. The van der Waals surface area contributed by atoms with Gasteiger partial charge in [-0.1, -0.05) is 30.3 Å². The zero-order chi connectivity index (χ0) is 12.8. The molecule has 0 bridgehead atoms. The molecule has 1 rings (SSSR count). The molecular weight excluding hydrogens is 236 g/mol. The smallest absolute Gasteiger partial charge is 0.393 e. The van der Waals surface area contributed by atoms with Crippen LogP contribution in [0.25, 0.3) is 0 Å². The minimum absolute atomic E-state index is 0.253. The van der Waals surface area contributed by atoms with Gasteiger partial charge in [0.15, 0.2) is 0 Å². The number of hydrogen-bond acceptors (Lipinski definition) is 4. The molecule has 0 radical (unpaired) electrons. The SMILES string of the molecule is CC(O)(CO)c1ccccc1.O=S(=O)(O)O. The van der Waals surface area contributed by atoms with Crippen LogP contribution in [0.1, 0.15) is 12.5 Å². The molecule has 0 heterocycles. The van der Waals surface area contributed by atoms with Gasteiger partial charge in [-0.25, -0.2) is 0 Å². The average Bonchev–Trinajstić information content (AvgIpc) is 2.17. The minimum atomic E-state index is -4.67. The highest BCUT2D eigenvalue weighted by Crippen LogP contribution is 2.18. The summed E-state index contributed by atoms with van der Waals surface area (Å²) in [4.78, 5) is 0. The molecular formula is C9H14O6S. The molecule has 0 saturated carbocycles. The van der Waals surface area contributed by atoms with Crippen molar-refractivity contribution in [3.8, 4) is 0 Å².